The standard InChI is InChI=1S/C21H30O11/c1-4-5-11-6-7-12(13(8-11)27-2)31-19-17(24)16(23)15(22)14(32-19)9-29-20-18(25)21(26,28-3)10-30-20/h4,6-8,14-20,22-26H,1,5,9-10H2,2-3H3. The van der Waals surface area contributed by atoms with E-state index < -0.39 is 48.9 Å². The fourth-order valence-corrected chi connectivity index (χ4v) is 3.48. The minimum Gasteiger partial charge on any atom is -0.493 e. The summed E-state index contributed by atoms with van der Waals surface area (Å²) in [6.07, 6.45) is -7.57. The predicted octanol–water partition coefficient (Wildman–Crippen LogP) is -1.32. The summed E-state index contributed by atoms with van der Waals surface area (Å²) in [5.41, 5.74) is 0.933. The Morgan fingerprint density at radius 1 is 1.09 bits per heavy atom. The van der Waals surface area contributed by atoms with Gasteiger partial charge >= 0.3 is 0 Å². The quantitative estimate of drug-likeness (QED) is 0.221. The van der Waals surface area contributed by atoms with Crippen LogP contribution in [-0.4, -0.2) is 102 Å². The third-order valence-corrected chi connectivity index (χ3v) is 5.47. The molecule has 11 heteroatoms. The van der Waals surface area contributed by atoms with Gasteiger partial charge in [-0.3, -0.25) is 0 Å². The zero-order chi connectivity index (χ0) is 23.5. The monoisotopic (exact) mass is 458 g/mol. The van der Waals surface area contributed by atoms with Crippen molar-refractivity contribution in [1.82, 2.24) is 0 Å². The van der Waals surface area contributed by atoms with Crippen LogP contribution in [0.25, 0.3) is 0 Å². The molecule has 0 amide bonds. The van der Waals surface area contributed by atoms with Crippen molar-refractivity contribution < 1.29 is 54.0 Å². The minimum atomic E-state index is -1.92. The van der Waals surface area contributed by atoms with Crippen molar-refractivity contribution in [2.75, 3.05) is 27.4 Å². The molecule has 2 saturated heterocycles. The lowest BCUT2D eigenvalue weighted by atomic mass is 9.99. The van der Waals surface area contributed by atoms with E-state index in [1.807, 2.05) is 0 Å². The molecular weight excluding hydrogens is 428 g/mol. The Bertz CT molecular complexity index is 774. The van der Waals surface area contributed by atoms with Crippen LogP contribution in [0.5, 0.6) is 11.5 Å². The summed E-state index contributed by atoms with van der Waals surface area (Å²) in [6, 6.07) is 5.16. The van der Waals surface area contributed by atoms with E-state index in [0.29, 0.717) is 12.2 Å². The third kappa shape index (κ3) is 5.06. The van der Waals surface area contributed by atoms with Gasteiger partial charge in [-0.15, -0.1) is 6.58 Å². The molecule has 0 saturated carbocycles. The van der Waals surface area contributed by atoms with Gasteiger partial charge in [-0.2, -0.15) is 0 Å². The maximum absolute atomic E-state index is 10.3. The second-order valence-electron chi connectivity index (χ2n) is 7.62. The molecule has 0 aromatic heterocycles. The first-order valence-corrected chi connectivity index (χ1v) is 10.1. The molecule has 0 spiro atoms. The highest BCUT2D eigenvalue weighted by Crippen LogP contribution is 2.33. The first-order valence-electron chi connectivity index (χ1n) is 10.1. The fraction of sp³-hybridized carbons (Fsp3) is 0.619. The van der Waals surface area contributed by atoms with Gasteiger partial charge in [-0.1, -0.05) is 12.1 Å². The molecule has 2 aliphatic rings. The number of aliphatic hydroxyl groups excluding tert-OH is 4. The van der Waals surface area contributed by atoms with Crippen LogP contribution in [0, 0.1) is 0 Å². The molecular formula is C21H30O11. The largest absolute Gasteiger partial charge is 0.493 e. The Labute approximate surface area is 185 Å². The summed E-state index contributed by atoms with van der Waals surface area (Å²) >= 11 is 0. The van der Waals surface area contributed by atoms with Gasteiger partial charge in [-0.25, -0.2) is 0 Å². The first kappa shape index (κ1) is 24.8. The van der Waals surface area contributed by atoms with E-state index in [0.717, 1.165) is 5.56 Å². The normalized spacial score (nSPS) is 37.3. The van der Waals surface area contributed by atoms with Gasteiger partial charge in [0, 0.05) is 7.11 Å². The van der Waals surface area contributed by atoms with Crippen molar-refractivity contribution in [2.45, 2.75) is 55.3 Å². The second-order valence-corrected chi connectivity index (χ2v) is 7.62. The van der Waals surface area contributed by atoms with E-state index in [1.54, 1.807) is 24.3 Å². The molecule has 2 heterocycles. The summed E-state index contributed by atoms with van der Waals surface area (Å²) in [5.74, 6) is -1.28. The van der Waals surface area contributed by atoms with E-state index in [9.17, 15) is 25.5 Å². The Hall–Kier alpha value is -1.80. The highest BCUT2D eigenvalue weighted by molar-refractivity contribution is 5.43. The Morgan fingerprint density at radius 2 is 1.84 bits per heavy atom. The summed E-state index contributed by atoms with van der Waals surface area (Å²) < 4.78 is 32.1. The average Bonchev–Trinajstić information content (AvgIpc) is 3.08. The van der Waals surface area contributed by atoms with Crippen molar-refractivity contribution in [1.29, 1.82) is 0 Å². The van der Waals surface area contributed by atoms with Crippen LogP contribution < -0.4 is 9.47 Å². The number of rotatable bonds is 9. The summed E-state index contributed by atoms with van der Waals surface area (Å²) in [5, 5.41) is 51.1. The Morgan fingerprint density at radius 3 is 2.47 bits per heavy atom. The molecule has 2 fully saturated rings. The Kier molecular flexibility index (Phi) is 8.09. The second kappa shape index (κ2) is 10.4. The molecule has 11 nitrogen and oxygen atoms in total. The topological polar surface area (TPSA) is 157 Å². The van der Waals surface area contributed by atoms with Crippen LogP contribution in [0.15, 0.2) is 30.9 Å². The molecule has 1 aromatic carbocycles. The number of aliphatic hydroxyl groups is 5. The van der Waals surface area contributed by atoms with Crippen LogP contribution in [-0.2, 0) is 25.4 Å². The van der Waals surface area contributed by atoms with Crippen molar-refractivity contribution in [3.8, 4) is 11.5 Å². The van der Waals surface area contributed by atoms with Crippen LogP contribution in [0.4, 0.5) is 0 Å². The average molecular weight is 458 g/mol. The maximum Gasteiger partial charge on any atom is 0.229 e. The van der Waals surface area contributed by atoms with Gasteiger partial charge in [0.05, 0.1) is 13.7 Å². The van der Waals surface area contributed by atoms with E-state index in [2.05, 4.69) is 6.58 Å². The predicted molar refractivity (Wildman–Crippen MR) is 108 cm³/mol. The Balaban J connectivity index is 1.67. The smallest absolute Gasteiger partial charge is 0.229 e. The first-order chi connectivity index (χ1) is 15.2. The molecule has 3 rings (SSSR count). The molecule has 2 aliphatic heterocycles. The van der Waals surface area contributed by atoms with Crippen LogP contribution in [0.1, 0.15) is 5.56 Å². The molecule has 0 bridgehead atoms. The van der Waals surface area contributed by atoms with Gasteiger partial charge in [-0.05, 0) is 24.1 Å². The number of hydrogen-bond acceptors (Lipinski definition) is 11. The lowest BCUT2D eigenvalue weighted by molar-refractivity contribution is -0.290. The van der Waals surface area contributed by atoms with E-state index >= 15 is 0 Å². The summed E-state index contributed by atoms with van der Waals surface area (Å²) in [7, 11) is 2.67. The molecule has 5 N–H and O–H groups in total. The lowest BCUT2D eigenvalue weighted by Crippen LogP contribution is -2.60. The van der Waals surface area contributed by atoms with Crippen LogP contribution in [0.3, 0.4) is 0 Å². The van der Waals surface area contributed by atoms with Crippen LogP contribution in [0.2, 0.25) is 0 Å². The van der Waals surface area contributed by atoms with Gasteiger partial charge in [0.25, 0.3) is 0 Å². The molecule has 8 atom stereocenters. The van der Waals surface area contributed by atoms with E-state index in [1.165, 1.54) is 14.2 Å². The van der Waals surface area contributed by atoms with E-state index in [4.69, 9.17) is 28.4 Å². The summed E-state index contributed by atoms with van der Waals surface area (Å²) in [4.78, 5) is 0. The minimum absolute atomic E-state index is 0.257. The van der Waals surface area contributed by atoms with Crippen molar-refractivity contribution in [3.05, 3.63) is 36.4 Å². The molecule has 0 radical (unpaired) electrons. The molecule has 1 aromatic rings. The highest BCUT2D eigenvalue weighted by Gasteiger charge is 2.51. The van der Waals surface area contributed by atoms with E-state index in [-0.39, 0.29) is 19.0 Å². The van der Waals surface area contributed by atoms with Gasteiger partial charge in [0.1, 0.15) is 31.0 Å². The third-order valence-electron chi connectivity index (χ3n) is 5.47. The number of hydrogen-bond donors (Lipinski definition) is 5. The lowest BCUT2D eigenvalue weighted by Gasteiger charge is -2.40. The molecule has 8 unspecified atom stereocenters. The molecule has 180 valence electrons. The summed E-state index contributed by atoms with van der Waals surface area (Å²) in [6.45, 7) is 3.02. The molecule has 0 aliphatic carbocycles. The van der Waals surface area contributed by atoms with Gasteiger partial charge in [0.15, 0.2) is 23.9 Å². The van der Waals surface area contributed by atoms with Crippen LogP contribution >= 0.6 is 0 Å². The molecule has 32 heavy (non-hydrogen) atoms. The maximum atomic E-state index is 10.3. The highest BCUT2D eigenvalue weighted by atomic mass is 16.8. The number of ether oxygens (including phenoxy) is 6. The number of benzene rings is 1. The van der Waals surface area contributed by atoms with Gasteiger partial charge < -0.3 is 54.0 Å². The number of methoxy groups -OCH3 is 2. The van der Waals surface area contributed by atoms with Crippen molar-refractivity contribution in [2.24, 2.45) is 0 Å². The fourth-order valence-electron chi connectivity index (χ4n) is 3.48. The van der Waals surface area contributed by atoms with Gasteiger partial charge in [0.2, 0.25) is 12.1 Å². The zero-order valence-corrected chi connectivity index (χ0v) is 17.9. The number of allylic oxidation sites excluding steroid dienone is 1. The zero-order valence-electron chi connectivity index (χ0n) is 17.9. The van der Waals surface area contributed by atoms with Crippen molar-refractivity contribution >= 4 is 0 Å². The SMILES string of the molecule is C=CCc1ccc(OC2OC(COC3OCC(O)(OC)C3O)C(O)C(O)C2O)c(OC)c1. The van der Waals surface area contributed by atoms with Crippen molar-refractivity contribution in [3.63, 3.8) is 0 Å².